The fourth-order valence-corrected chi connectivity index (χ4v) is 2.34. The van der Waals surface area contributed by atoms with Crippen LogP contribution >= 0.6 is 27.7 Å². The zero-order valence-corrected chi connectivity index (χ0v) is 13.0. The highest BCUT2D eigenvalue weighted by molar-refractivity contribution is 9.10. The first kappa shape index (κ1) is 14.1. The number of thioether (sulfide) groups is 1. The van der Waals surface area contributed by atoms with Crippen LogP contribution in [0.5, 0.6) is 0 Å². The molecule has 0 saturated carbocycles. The maximum atomic E-state index is 12.3. The number of carbonyl (C=O) groups excluding carboxylic acids is 1. The second-order valence-corrected chi connectivity index (χ2v) is 5.72. The Hall–Kier alpha value is -1.33. The predicted octanol–water partition coefficient (Wildman–Crippen LogP) is 3.84. The maximum absolute atomic E-state index is 12.3. The number of hydrogen-bond donors (Lipinski definition) is 0. The van der Waals surface area contributed by atoms with Gasteiger partial charge < -0.3 is 0 Å². The van der Waals surface area contributed by atoms with E-state index in [1.807, 2.05) is 42.7 Å². The summed E-state index contributed by atoms with van der Waals surface area (Å²) in [4.78, 5) is 19.2. The SMILES string of the molecule is CSc1ccc(C(=O)N(C)c2cc(Br)ccn2)cc1. The number of benzene rings is 1. The van der Waals surface area contributed by atoms with Crippen molar-refractivity contribution in [3.05, 3.63) is 52.6 Å². The van der Waals surface area contributed by atoms with Gasteiger partial charge in [0.2, 0.25) is 0 Å². The normalized spacial score (nSPS) is 10.3. The molecule has 0 N–H and O–H groups in total. The Kier molecular flexibility index (Phi) is 4.61. The van der Waals surface area contributed by atoms with Crippen molar-refractivity contribution < 1.29 is 4.79 Å². The molecule has 0 radical (unpaired) electrons. The van der Waals surface area contributed by atoms with Crippen LogP contribution in [0.25, 0.3) is 0 Å². The van der Waals surface area contributed by atoms with Gasteiger partial charge in [-0.3, -0.25) is 9.69 Å². The third-order valence-electron chi connectivity index (χ3n) is 2.69. The average molecular weight is 337 g/mol. The number of aromatic nitrogens is 1. The Bertz CT molecular complexity index is 586. The molecule has 0 spiro atoms. The van der Waals surface area contributed by atoms with E-state index < -0.39 is 0 Å². The van der Waals surface area contributed by atoms with Crippen molar-refractivity contribution in [2.45, 2.75) is 4.90 Å². The molecule has 3 nitrogen and oxygen atoms in total. The van der Waals surface area contributed by atoms with Crippen LogP contribution in [0.4, 0.5) is 5.82 Å². The zero-order chi connectivity index (χ0) is 13.8. The van der Waals surface area contributed by atoms with E-state index in [4.69, 9.17) is 0 Å². The lowest BCUT2D eigenvalue weighted by Gasteiger charge is -2.16. The molecule has 2 aromatic rings. The summed E-state index contributed by atoms with van der Waals surface area (Å²) >= 11 is 5.03. The number of nitrogens with zero attached hydrogens (tertiary/aromatic N) is 2. The Morgan fingerprint density at radius 2 is 1.95 bits per heavy atom. The fourth-order valence-electron chi connectivity index (χ4n) is 1.61. The van der Waals surface area contributed by atoms with E-state index in [9.17, 15) is 4.79 Å². The molecule has 0 atom stereocenters. The van der Waals surface area contributed by atoms with Crippen molar-refractivity contribution in [1.82, 2.24) is 4.98 Å². The number of amides is 1. The summed E-state index contributed by atoms with van der Waals surface area (Å²) in [5.41, 5.74) is 0.655. The monoisotopic (exact) mass is 336 g/mol. The van der Waals surface area contributed by atoms with Crippen molar-refractivity contribution in [1.29, 1.82) is 0 Å². The highest BCUT2D eigenvalue weighted by Crippen LogP contribution is 2.19. The van der Waals surface area contributed by atoms with Gasteiger partial charge in [0.1, 0.15) is 5.82 Å². The highest BCUT2D eigenvalue weighted by Gasteiger charge is 2.14. The van der Waals surface area contributed by atoms with Crippen LogP contribution in [-0.2, 0) is 0 Å². The first-order valence-electron chi connectivity index (χ1n) is 5.65. The van der Waals surface area contributed by atoms with E-state index in [-0.39, 0.29) is 5.91 Å². The summed E-state index contributed by atoms with van der Waals surface area (Å²) in [5, 5.41) is 0. The first-order valence-corrected chi connectivity index (χ1v) is 7.67. The van der Waals surface area contributed by atoms with Gasteiger partial charge in [-0.15, -0.1) is 11.8 Å². The molecule has 1 amide bonds. The minimum absolute atomic E-state index is 0.0711. The van der Waals surface area contributed by atoms with Crippen molar-refractivity contribution in [2.24, 2.45) is 0 Å². The highest BCUT2D eigenvalue weighted by atomic mass is 79.9. The molecule has 1 heterocycles. The number of carbonyl (C=O) groups is 1. The lowest BCUT2D eigenvalue weighted by Crippen LogP contribution is -2.26. The number of halogens is 1. The number of pyridine rings is 1. The van der Waals surface area contributed by atoms with Crippen molar-refractivity contribution >= 4 is 39.4 Å². The molecule has 2 rings (SSSR count). The van der Waals surface area contributed by atoms with Crippen molar-refractivity contribution in [2.75, 3.05) is 18.2 Å². The Balaban J connectivity index is 2.23. The molecular formula is C14H13BrN2OS. The van der Waals surface area contributed by atoms with E-state index in [0.29, 0.717) is 11.4 Å². The molecule has 5 heteroatoms. The van der Waals surface area contributed by atoms with E-state index in [0.717, 1.165) is 9.37 Å². The molecule has 0 unspecified atom stereocenters. The minimum atomic E-state index is -0.0711. The van der Waals surface area contributed by atoms with Gasteiger partial charge >= 0.3 is 0 Å². The van der Waals surface area contributed by atoms with E-state index in [1.54, 1.807) is 29.9 Å². The van der Waals surface area contributed by atoms with Crippen molar-refractivity contribution in [3.63, 3.8) is 0 Å². The van der Waals surface area contributed by atoms with E-state index in [2.05, 4.69) is 20.9 Å². The summed E-state index contributed by atoms with van der Waals surface area (Å²) in [6, 6.07) is 11.2. The average Bonchev–Trinajstić information content (AvgIpc) is 2.46. The van der Waals surface area contributed by atoms with Gasteiger partial charge in [-0.1, -0.05) is 15.9 Å². The second kappa shape index (κ2) is 6.21. The van der Waals surface area contributed by atoms with Gasteiger partial charge in [-0.2, -0.15) is 0 Å². The topological polar surface area (TPSA) is 33.2 Å². The lowest BCUT2D eigenvalue weighted by molar-refractivity contribution is 0.0992. The standard InChI is InChI=1S/C14H13BrN2OS/c1-17(13-9-11(15)7-8-16-13)14(18)10-3-5-12(19-2)6-4-10/h3-9H,1-2H3. The Morgan fingerprint density at radius 1 is 1.26 bits per heavy atom. The summed E-state index contributed by atoms with van der Waals surface area (Å²) in [7, 11) is 1.72. The second-order valence-electron chi connectivity index (χ2n) is 3.92. The molecule has 1 aromatic carbocycles. The molecule has 98 valence electrons. The Morgan fingerprint density at radius 3 is 2.53 bits per heavy atom. The molecule has 0 aliphatic carbocycles. The van der Waals surface area contributed by atoms with Gasteiger partial charge in [0, 0.05) is 28.2 Å². The Labute approximate surface area is 125 Å². The van der Waals surface area contributed by atoms with Crippen LogP contribution in [-0.4, -0.2) is 24.2 Å². The first-order chi connectivity index (χ1) is 9.11. The van der Waals surface area contributed by atoms with E-state index in [1.165, 1.54) is 0 Å². The quantitative estimate of drug-likeness (QED) is 0.798. The van der Waals surface area contributed by atoms with Crippen LogP contribution in [0.15, 0.2) is 52.0 Å². The molecular weight excluding hydrogens is 324 g/mol. The van der Waals surface area contributed by atoms with Crippen LogP contribution < -0.4 is 4.90 Å². The lowest BCUT2D eigenvalue weighted by atomic mass is 10.2. The predicted molar refractivity (Wildman–Crippen MR) is 82.9 cm³/mol. The summed E-state index contributed by atoms with van der Waals surface area (Å²) in [6.45, 7) is 0. The molecule has 0 bridgehead atoms. The van der Waals surface area contributed by atoms with E-state index >= 15 is 0 Å². The minimum Gasteiger partial charge on any atom is -0.296 e. The van der Waals surface area contributed by atoms with Crippen LogP contribution in [0, 0.1) is 0 Å². The van der Waals surface area contributed by atoms with Gasteiger partial charge in [-0.25, -0.2) is 4.98 Å². The van der Waals surface area contributed by atoms with Crippen LogP contribution in [0.3, 0.4) is 0 Å². The summed E-state index contributed by atoms with van der Waals surface area (Å²) < 4.78 is 0.898. The molecule has 0 aliphatic rings. The maximum Gasteiger partial charge on any atom is 0.259 e. The number of anilines is 1. The van der Waals surface area contributed by atoms with Gasteiger partial charge in [0.25, 0.3) is 5.91 Å². The van der Waals surface area contributed by atoms with Gasteiger partial charge in [0.15, 0.2) is 0 Å². The van der Waals surface area contributed by atoms with Crippen LogP contribution in [0.2, 0.25) is 0 Å². The summed E-state index contributed by atoms with van der Waals surface area (Å²) in [5.74, 6) is 0.548. The third kappa shape index (κ3) is 3.36. The zero-order valence-electron chi connectivity index (χ0n) is 10.6. The molecule has 1 aromatic heterocycles. The van der Waals surface area contributed by atoms with Gasteiger partial charge in [0.05, 0.1) is 0 Å². The third-order valence-corrected chi connectivity index (χ3v) is 3.93. The smallest absolute Gasteiger partial charge is 0.259 e. The largest absolute Gasteiger partial charge is 0.296 e. The van der Waals surface area contributed by atoms with Crippen LogP contribution in [0.1, 0.15) is 10.4 Å². The van der Waals surface area contributed by atoms with Crippen molar-refractivity contribution in [3.8, 4) is 0 Å². The molecule has 0 fully saturated rings. The summed E-state index contributed by atoms with van der Waals surface area (Å²) in [6.07, 6.45) is 3.67. The fraction of sp³-hybridized carbons (Fsp3) is 0.143. The molecule has 0 saturated heterocycles. The number of rotatable bonds is 3. The molecule has 19 heavy (non-hydrogen) atoms. The molecule has 0 aliphatic heterocycles. The number of hydrogen-bond acceptors (Lipinski definition) is 3. The van der Waals surface area contributed by atoms with Gasteiger partial charge in [-0.05, 0) is 42.7 Å².